The number of amides is 3. The van der Waals surface area contributed by atoms with Gasteiger partial charge in [0.15, 0.2) is 0 Å². The van der Waals surface area contributed by atoms with E-state index in [1.807, 2.05) is 66.7 Å². The highest BCUT2D eigenvalue weighted by molar-refractivity contribution is 5.94. The first kappa shape index (κ1) is 34.8. The molecule has 0 aliphatic carbocycles. The SMILES string of the molecule is N[C@@H](CCCCOC(=O)c1ccccc1)C(=O)N[C@H](Cc1ccccc1)C(=O)N[C@@H](Cc1ccccc1)C(=O)N1CCC[C@@H]1C(=O)O. The predicted molar refractivity (Wildman–Crippen MR) is 175 cm³/mol. The Kier molecular flexibility index (Phi) is 13.1. The molecule has 3 amide bonds. The van der Waals surface area contributed by atoms with Gasteiger partial charge in [0.05, 0.1) is 18.2 Å². The van der Waals surface area contributed by atoms with Crippen molar-refractivity contribution >= 4 is 29.7 Å². The van der Waals surface area contributed by atoms with Crippen LogP contribution in [-0.2, 0) is 36.8 Å². The molecule has 0 spiro atoms. The molecule has 1 fully saturated rings. The van der Waals surface area contributed by atoms with Crippen LogP contribution < -0.4 is 16.4 Å². The summed E-state index contributed by atoms with van der Waals surface area (Å²) in [5.41, 5.74) is 8.24. The summed E-state index contributed by atoms with van der Waals surface area (Å²) in [5, 5.41) is 15.3. The number of rotatable bonds is 16. The van der Waals surface area contributed by atoms with Gasteiger partial charge in [-0.3, -0.25) is 14.4 Å². The van der Waals surface area contributed by atoms with Gasteiger partial charge in [-0.25, -0.2) is 9.59 Å². The van der Waals surface area contributed by atoms with Crippen molar-refractivity contribution in [2.24, 2.45) is 5.73 Å². The number of carbonyl (C=O) groups excluding carboxylic acids is 4. The monoisotopic (exact) mass is 642 g/mol. The van der Waals surface area contributed by atoms with E-state index in [0.29, 0.717) is 37.7 Å². The van der Waals surface area contributed by atoms with Gasteiger partial charge in [0, 0.05) is 19.4 Å². The lowest BCUT2D eigenvalue weighted by Gasteiger charge is -2.29. The minimum absolute atomic E-state index is 0.147. The summed E-state index contributed by atoms with van der Waals surface area (Å²) >= 11 is 0. The highest BCUT2D eigenvalue weighted by Crippen LogP contribution is 2.20. The number of aliphatic carboxylic acids is 1. The molecule has 0 bridgehead atoms. The summed E-state index contributed by atoms with van der Waals surface area (Å²) in [7, 11) is 0. The summed E-state index contributed by atoms with van der Waals surface area (Å²) in [4.78, 5) is 66.0. The van der Waals surface area contributed by atoms with Crippen LogP contribution in [0.1, 0.15) is 53.6 Å². The maximum absolute atomic E-state index is 13.8. The topological polar surface area (TPSA) is 168 Å². The Morgan fingerprint density at radius 1 is 0.787 bits per heavy atom. The second kappa shape index (κ2) is 17.6. The minimum atomic E-state index is -1.09. The molecule has 3 aromatic carbocycles. The molecule has 0 saturated carbocycles. The molecule has 0 aromatic heterocycles. The average molecular weight is 643 g/mol. The number of ether oxygens (including phenoxy) is 1. The largest absolute Gasteiger partial charge is 0.480 e. The van der Waals surface area contributed by atoms with Gasteiger partial charge in [-0.15, -0.1) is 0 Å². The molecule has 1 saturated heterocycles. The van der Waals surface area contributed by atoms with Gasteiger partial charge in [-0.1, -0.05) is 78.9 Å². The summed E-state index contributed by atoms with van der Waals surface area (Å²) in [6, 6.07) is 23.0. The first-order chi connectivity index (χ1) is 22.7. The molecule has 0 radical (unpaired) electrons. The first-order valence-electron chi connectivity index (χ1n) is 15.9. The number of esters is 1. The van der Waals surface area contributed by atoms with E-state index in [4.69, 9.17) is 10.5 Å². The molecule has 11 heteroatoms. The standard InChI is InChI=1S/C36H42N4O7/c37-28(19-10-11-22-47-36(46)27-17-8-3-9-18-27)32(41)38-29(23-25-13-4-1-5-14-25)33(42)39-30(24-26-15-6-2-7-16-26)34(43)40-21-12-20-31(40)35(44)45/h1-9,13-18,28-31H,10-12,19-24,37H2,(H,38,41)(H,39,42)(H,44,45)/t28-,29+,30-,31+/m0/s1. The van der Waals surface area contributed by atoms with Crippen molar-refractivity contribution in [2.45, 2.75) is 69.1 Å². The Hall–Kier alpha value is -5.03. The normalized spacial score (nSPS) is 16.0. The van der Waals surface area contributed by atoms with Gasteiger partial charge < -0.3 is 31.1 Å². The maximum Gasteiger partial charge on any atom is 0.338 e. The van der Waals surface area contributed by atoms with E-state index in [1.54, 1.807) is 24.3 Å². The second-order valence-electron chi connectivity index (χ2n) is 11.6. The highest BCUT2D eigenvalue weighted by atomic mass is 16.5. The van der Waals surface area contributed by atoms with E-state index in [0.717, 1.165) is 11.1 Å². The number of hydrogen-bond acceptors (Lipinski definition) is 7. The fourth-order valence-electron chi connectivity index (χ4n) is 5.57. The van der Waals surface area contributed by atoms with Crippen molar-refractivity contribution in [2.75, 3.05) is 13.2 Å². The van der Waals surface area contributed by atoms with Crippen LogP contribution in [0.15, 0.2) is 91.0 Å². The number of unbranched alkanes of at least 4 members (excludes halogenated alkanes) is 1. The number of likely N-dealkylation sites (tertiary alicyclic amines) is 1. The summed E-state index contributed by atoms with van der Waals surface area (Å²) in [6.45, 7) is 0.457. The summed E-state index contributed by atoms with van der Waals surface area (Å²) in [5.74, 6) is -3.10. The number of hydrogen-bond donors (Lipinski definition) is 4. The van der Waals surface area contributed by atoms with Crippen molar-refractivity contribution in [1.82, 2.24) is 15.5 Å². The predicted octanol–water partition coefficient (Wildman–Crippen LogP) is 2.87. The van der Waals surface area contributed by atoms with E-state index < -0.39 is 53.8 Å². The lowest BCUT2D eigenvalue weighted by atomic mass is 10.0. The molecule has 1 aliphatic rings. The molecule has 47 heavy (non-hydrogen) atoms. The van der Waals surface area contributed by atoms with Gasteiger partial charge in [-0.05, 0) is 55.4 Å². The third-order valence-corrected chi connectivity index (χ3v) is 8.12. The molecule has 11 nitrogen and oxygen atoms in total. The first-order valence-corrected chi connectivity index (χ1v) is 15.9. The Balaban J connectivity index is 1.40. The fraction of sp³-hybridized carbons (Fsp3) is 0.361. The van der Waals surface area contributed by atoms with Crippen LogP contribution in [-0.4, -0.2) is 77.0 Å². The van der Waals surface area contributed by atoms with Crippen LogP contribution in [0.4, 0.5) is 0 Å². The number of nitrogens with two attached hydrogens (primary N) is 1. The highest BCUT2D eigenvalue weighted by Gasteiger charge is 2.38. The Bertz CT molecular complexity index is 1490. The van der Waals surface area contributed by atoms with Crippen LogP contribution in [0.5, 0.6) is 0 Å². The zero-order valence-corrected chi connectivity index (χ0v) is 26.3. The lowest BCUT2D eigenvalue weighted by Crippen LogP contribution is -2.58. The molecule has 3 aromatic rings. The van der Waals surface area contributed by atoms with Gasteiger partial charge in [-0.2, -0.15) is 0 Å². The van der Waals surface area contributed by atoms with E-state index in [-0.39, 0.29) is 26.0 Å². The van der Waals surface area contributed by atoms with Gasteiger partial charge in [0.25, 0.3) is 0 Å². The third kappa shape index (κ3) is 10.5. The molecule has 4 atom stereocenters. The van der Waals surface area contributed by atoms with Crippen LogP contribution in [0.2, 0.25) is 0 Å². The van der Waals surface area contributed by atoms with Crippen molar-refractivity contribution in [1.29, 1.82) is 0 Å². The Labute approximate surface area is 274 Å². The molecule has 1 aliphatic heterocycles. The lowest BCUT2D eigenvalue weighted by molar-refractivity contribution is -0.149. The van der Waals surface area contributed by atoms with Gasteiger partial charge in [0.2, 0.25) is 17.7 Å². The molecule has 248 valence electrons. The molecule has 0 unspecified atom stereocenters. The molecule has 5 N–H and O–H groups in total. The van der Waals surface area contributed by atoms with E-state index >= 15 is 0 Å². The van der Waals surface area contributed by atoms with Crippen LogP contribution >= 0.6 is 0 Å². The third-order valence-electron chi connectivity index (χ3n) is 8.12. The zero-order valence-electron chi connectivity index (χ0n) is 26.3. The maximum atomic E-state index is 13.8. The van der Waals surface area contributed by atoms with Crippen molar-refractivity contribution < 1.29 is 33.8 Å². The van der Waals surface area contributed by atoms with Gasteiger partial charge in [0.1, 0.15) is 18.1 Å². The van der Waals surface area contributed by atoms with Crippen molar-refractivity contribution in [3.05, 3.63) is 108 Å². The molecule has 1 heterocycles. The Morgan fingerprint density at radius 3 is 1.94 bits per heavy atom. The Morgan fingerprint density at radius 2 is 1.34 bits per heavy atom. The van der Waals surface area contributed by atoms with Crippen LogP contribution in [0.3, 0.4) is 0 Å². The van der Waals surface area contributed by atoms with Crippen molar-refractivity contribution in [3.63, 3.8) is 0 Å². The summed E-state index contributed by atoms with van der Waals surface area (Å²) in [6.07, 6.45) is 2.50. The summed E-state index contributed by atoms with van der Waals surface area (Å²) < 4.78 is 5.29. The van der Waals surface area contributed by atoms with Crippen LogP contribution in [0.25, 0.3) is 0 Å². The molecular weight excluding hydrogens is 600 g/mol. The number of carboxylic acid groups (broad SMARTS) is 1. The van der Waals surface area contributed by atoms with Crippen molar-refractivity contribution in [3.8, 4) is 0 Å². The number of nitrogens with zero attached hydrogens (tertiary/aromatic N) is 1. The molecular formula is C36H42N4O7. The smallest absolute Gasteiger partial charge is 0.338 e. The second-order valence-corrected chi connectivity index (χ2v) is 11.6. The number of carbonyl (C=O) groups is 5. The van der Waals surface area contributed by atoms with Gasteiger partial charge >= 0.3 is 11.9 Å². The average Bonchev–Trinajstić information content (AvgIpc) is 3.59. The van der Waals surface area contributed by atoms with E-state index in [1.165, 1.54) is 4.90 Å². The number of carboxylic acids is 1. The van der Waals surface area contributed by atoms with E-state index in [9.17, 15) is 29.1 Å². The van der Waals surface area contributed by atoms with E-state index in [2.05, 4.69) is 10.6 Å². The molecule has 4 rings (SSSR count). The van der Waals surface area contributed by atoms with Crippen LogP contribution in [0, 0.1) is 0 Å². The number of nitrogens with one attached hydrogen (secondary N) is 2. The fourth-order valence-corrected chi connectivity index (χ4v) is 5.57. The quantitative estimate of drug-likeness (QED) is 0.137. The zero-order chi connectivity index (χ0) is 33.6. The number of benzene rings is 3. The minimum Gasteiger partial charge on any atom is -0.480 e.